The van der Waals surface area contributed by atoms with Gasteiger partial charge >= 0.3 is 0 Å². The first-order chi connectivity index (χ1) is 7.51. The lowest BCUT2D eigenvalue weighted by Gasteiger charge is -2.35. The van der Waals surface area contributed by atoms with Crippen LogP contribution in [0, 0.1) is 0 Å². The van der Waals surface area contributed by atoms with Gasteiger partial charge in [0.2, 0.25) is 11.8 Å². The van der Waals surface area contributed by atoms with Gasteiger partial charge in [-0.05, 0) is 13.8 Å². The number of hydrazine groups is 1. The summed E-state index contributed by atoms with van der Waals surface area (Å²) in [6.45, 7) is 3.79. The van der Waals surface area contributed by atoms with Crippen molar-refractivity contribution in [3.8, 4) is 0 Å². The average Bonchev–Trinajstić information content (AvgIpc) is 2.29. The van der Waals surface area contributed by atoms with Crippen LogP contribution in [0.4, 0.5) is 0 Å². The van der Waals surface area contributed by atoms with Crippen LogP contribution in [0.2, 0.25) is 0 Å². The lowest BCUT2D eigenvalue weighted by Crippen LogP contribution is -2.59. The second kappa shape index (κ2) is 4.93. The highest BCUT2D eigenvalue weighted by molar-refractivity contribution is 5.95. The maximum atomic E-state index is 11.7. The summed E-state index contributed by atoms with van der Waals surface area (Å²) < 4.78 is 0. The van der Waals surface area contributed by atoms with Gasteiger partial charge in [-0.15, -0.1) is 0 Å². The standard InChI is InChI=1S/C9H16N4O3/c1-3-12-4-8(15)13(5-7(12)14)6(2)9(16)11-10/h6H,3-5,10H2,1-2H3,(H,11,16). The van der Waals surface area contributed by atoms with E-state index in [1.54, 1.807) is 6.92 Å². The Balaban J connectivity index is 2.73. The van der Waals surface area contributed by atoms with Crippen molar-refractivity contribution >= 4 is 17.7 Å². The molecule has 1 fully saturated rings. The molecule has 16 heavy (non-hydrogen) atoms. The number of likely N-dealkylation sites (N-methyl/N-ethyl adjacent to an activating group) is 1. The molecular formula is C9H16N4O3. The van der Waals surface area contributed by atoms with Crippen molar-refractivity contribution in [1.82, 2.24) is 15.2 Å². The van der Waals surface area contributed by atoms with Crippen LogP contribution in [0.5, 0.6) is 0 Å². The Hall–Kier alpha value is -1.63. The number of carbonyl (C=O) groups excluding carboxylic acids is 3. The van der Waals surface area contributed by atoms with Crippen LogP contribution in [0.15, 0.2) is 0 Å². The third-order valence-electron chi connectivity index (χ3n) is 2.68. The Morgan fingerprint density at radius 3 is 2.56 bits per heavy atom. The van der Waals surface area contributed by atoms with Crippen molar-refractivity contribution in [2.24, 2.45) is 5.84 Å². The Morgan fingerprint density at radius 1 is 1.44 bits per heavy atom. The van der Waals surface area contributed by atoms with Crippen molar-refractivity contribution < 1.29 is 14.4 Å². The Kier molecular flexibility index (Phi) is 3.83. The fourth-order valence-corrected chi connectivity index (χ4v) is 1.58. The fourth-order valence-electron chi connectivity index (χ4n) is 1.58. The summed E-state index contributed by atoms with van der Waals surface area (Å²) in [5, 5.41) is 0. The van der Waals surface area contributed by atoms with E-state index in [0.29, 0.717) is 6.54 Å². The Labute approximate surface area is 93.5 Å². The maximum Gasteiger partial charge on any atom is 0.256 e. The van der Waals surface area contributed by atoms with Crippen LogP contribution in [-0.2, 0) is 14.4 Å². The molecule has 1 rings (SSSR count). The molecule has 0 aromatic heterocycles. The van der Waals surface area contributed by atoms with Gasteiger partial charge in [0.25, 0.3) is 5.91 Å². The number of rotatable bonds is 3. The second-order valence-corrected chi connectivity index (χ2v) is 3.61. The topological polar surface area (TPSA) is 95.7 Å². The fraction of sp³-hybridized carbons (Fsp3) is 0.667. The monoisotopic (exact) mass is 228 g/mol. The minimum atomic E-state index is -0.722. The van der Waals surface area contributed by atoms with Gasteiger partial charge in [-0.3, -0.25) is 19.8 Å². The third-order valence-corrected chi connectivity index (χ3v) is 2.68. The molecule has 90 valence electrons. The molecule has 1 atom stereocenters. The highest BCUT2D eigenvalue weighted by Gasteiger charge is 2.34. The van der Waals surface area contributed by atoms with Gasteiger partial charge in [-0.2, -0.15) is 0 Å². The molecule has 1 saturated heterocycles. The van der Waals surface area contributed by atoms with Gasteiger partial charge in [-0.1, -0.05) is 0 Å². The van der Waals surface area contributed by atoms with Crippen LogP contribution >= 0.6 is 0 Å². The summed E-state index contributed by atoms with van der Waals surface area (Å²) in [6, 6.07) is -0.722. The number of hydrogen-bond acceptors (Lipinski definition) is 4. The summed E-state index contributed by atoms with van der Waals surface area (Å²) in [5.74, 6) is 4.11. The first-order valence-corrected chi connectivity index (χ1v) is 5.09. The number of amides is 3. The number of hydrogen-bond donors (Lipinski definition) is 2. The van der Waals surface area contributed by atoms with Gasteiger partial charge < -0.3 is 9.80 Å². The zero-order valence-corrected chi connectivity index (χ0v) is 9.40. The normalized spacial score (nSPS) is 18.7. The second-order valence-electron chi connectivity index (χ2n) is 3.61. The smallest absolute Gasteiger partial charge is 0.256 e. The summed E-state index contributed by atoms with van der Waals surface area (Å²) in [4.78, 5) is 37.2. The van der Waals surface area contributed by atoms with Gasteiger partial charge in [0.1, 0.15) is 12.6 Å². The first-order valence-electron chi connectivity index (χ1n) is 5.09. The van der Waals surface area contributed by atoms with E-state index in [9.17, 15) is 14.4 Å². The average molecular weight is 228 g/mol. The van der Waals surface area contributed by atoms with E-state index in [1.165, 1.54) is 16.7 Å². The summed E-state index contributed by atoms with van der Waals surface area (Å²) in [7, 11) is 0. The van der Waals surface area contributed by atoms with Gasteiger partial charge in [-0.25, -0.2) is 5.84 Å². The zero-order valence-electron chi connectivity index (χ0n) is 9.40. The lowest BCUT2D eigenvalue weighted by molar-refractivity contribution is -0.154. The van der Waals surface area contributed by atoms with Crippen LogP contribution in [0.25, 0.3) is 0 Å². The molecule has 3 amide bonds. The van der Waals surface area contributed by atoms with Crippen LogP contribution < -0.4 is 11.3 Å². The molecule has 0 spiro atoms. The van der Waals surface area contributed by atoms with Crippen molar-refractivity contribution in [2.75, 3.05) is 19.6 Å². The van der Waals surface area contributed by atoms with Crippen molar-refractivity contribution in [2.45, 2.75) is 19.9 Å². The van der Waals surface area contributed by atoms with Crippen molar-refractivity contribution in [3.63, 3.8) is 0 Å². The van der Waals surface area contributed by atoms with E-state index < -0.39 is 11.9 Å². The van der Waals surface area contributed by atoms with E-state index in [-0.39, 0.29) is 24.9 Å². The first kappa shape index (κ1) is 12.4. The van der Waals surface area contributed by atoms with E-state index >= 15 is 0 Å². The molecule has 0 aromatic rings. The van der Waals surface area contributed by atoms with Crippen molar-refractivity contribution in [1.29, 1.82) is 0 Å². The van der Waals surface area contributed by atoms with Gasteiger partial charge in [0.05, 0.1) is 6.54 Å². The van der Waals surface area contributed by atoms with E-state index in [2.05, 4.69) is 0 Å². The predicted molar refractivity (Wildman–Crippen MR) is 55.8 cm³/mol. The zero-order chi connectivity index (χ0) is 12.3. The van der Waals surface area contributed by atoms with Gasteiger partial charge in [0.15, 0.2) is 0 Å². The predicted octanol–water partition coefficient (Wildman–Crippen LogP) is -1.94. The maximum absolute atomic E-state index is 11.7. The molecule has 0 saturated carbocycles. The number of nitrogens with zero attached hydrogens (tertiary/aromatic N) is 2. The number of nitrogens with two attached hydrogens (primary N) is 1. The highest BCUT2D eigenvalue weighted by atomic mass is 16.2. The quantitative estimate of drug-likeness (QED) is 0.333. The Bertz CT molecular complexity index is 318. The van der Waals surface area contributed by atoms with Crippen LogP contribution in [0.1, 0.15) is 13.8 Å². The third kappa shape index (κ3) is 2.30. The molecule has 1 aliphatic rings. The molecule has 0 radical (unpaired) electrons. The van der Waals surface area contributed by atoms with Gasteiger partial charge in [0, 0.05) is 6.54 Å². The molecule has 7 heteroatoms. The molecule has 0 aliphatic carbocycles. The van der Waals surface area contributed by atoms with E-state index in [1.807, 2.05) is 5.43 Å². The van der Waals surface area contributed by atoms with E-state index in [0.717, 1.165) is 0 Å². The van der Waals surface area contributed by atoms with Crippen molar-refractivity contribution in [3.05, 3.63) is 0 Å². The molecular weight excluding hydrogens is 212 g/mol. The summed E-state index contributed by atoms with van der Waals surface area (Å²) in [5.41, 5.74) is 1.96. The molecule has 1 unspecified atom stereocenters. The molecule has 0 bridgehead atoms. The SMILES string of the molecule is CCN1CC(=O)N(C(C)C(=O)NN)CC1=O. The molecule has 3 N–H and O–H groups in total. The Morgan fingerprint density at radius 2 is 2.06 bits per heavy atom. The summed E-state index contributed by atoms with van der Waals surface area (Å²) >= 11 is 0. The minimum Gasteiger partial charge on any atom is -0.332 e. The summed E-state index contributed by atoms with van der Waals surface area (Å²) in [6.07, 6.45) is 0. The molecule has 0 aromatic carbocycles. The van der Waals surface area contributed by atoms with Crippen LogP contribution in [0.3, 0.4) is 0 Å². The highest BCUT2D eigenvalue weighted by Crippen LogP contribution is 2.08. The van der Waals surface area contributed by atoms with E-state index in [4.69, 9.17) is 5.84 Å². The number of nitrogens with one attached hydrogen (secondary N) is 1. The largest absolute Gasteiger partial charge is 0.332 e. The van der Waals surface area contributed by atoms with Crippen LogP contribution in [-0.4, -0.2) is 53.2 Å². The molecule has 1 heterocycles. The molecule has 1 aliphatic heterocycles. The lowest BCUT2D eigenvalue weighted by atomic mass is 10.2. The molecule has 7 nitrogen and oxygen atoms in total. The number of carbonyl (C=O) groups is 3. The number of piperazine rings is 1. The minimum absolute atomic E-state index is 0.0253.